The molecule has 0 fully saturated rings. The maximum Gasteiger partial charge on any atom is 0.251 e. The number of likely N-dealkylation sites (N-methyl/N-ethyl adjacent to an activating group) is 1. The summed E-state index contributed by atoms with van der Waals surface area (Å²) in [6.07, 6.45) is 0. The number of amides is 1. The van der Waals surface area contributed by atoms with Crippen molar-refractivity contribution in [3.8, 4) is 0 Å². The van der Waals surface area contributed by atoms with Gasteiger partial charge in [-0.2, -0.15) is 0 Å². The van der Waals surface area contributed by atoms with Crippen molar-refractivity contribution in [1.29, 1.82) is 0 Å². The quantitative estimate of drug-likeness (QED) is 0.918. The number of carbonyl (C=O) groups is 1. The van der Waals surface area contributed by atoms with Crippen molar-refractivity contribution in [1.82, 2.24) is 10.2 Å². The standard InChI is InChI=1S/C12H17BrN2O/c1-9-4-5-10(13)8-11(9)12(16)14-6-7-15(2)3/h4-5,8H,6-7H2,1-3H3,(H,14,16). The largest absolute Gasteiger partial charge is 0.351 e. The maximum atomic E-state index is 11.8. The van der Waals surface area contributed by atoms with Crippen LogP contribution in [-0.4, -0.2) is 38.0 Å². The second kappa shape index (κ2) is 6.01. The smallest absolute Gasteiger partial charge is 0.251 e. The van der Waals surface area contributed by atoms with E-state index in [1.807, 2.05) is 44.1 Å². The Hall–Kier alpha value is -0.870. The second-order valence-corrected chi connectivity index (χ2v) is 4.93. The van der Waals surface area contributed by atoms with Crippen LogP contribution in [0.15, 0.2) is 22.7 Å². The van der Waals surface area contributed by atoms with Crippen LogP contribution >= 0.6 is 15.9 Å². The molecule has 0 aliphatic carbocycles. The van der Waals surface area contributed by atoms with Gasteiger partial charge in [-0.1, -0.05) is 22.0 Å². The van der Waals surface area contributed by atoms with Gasteiger partial charge in [-0.3, -0.25) is 4.79 Å². The third-order valence-corrected chi connectivity index (χ3v) is 2.78. The SMILES string of the molecule is Cc1ccc(Br)cc1C(=O)NCCN(C)C. The van der Waals surface area contributed by atoms with E-state index in [1.54, 1.807) is 0 Å². The number of aryl methyl sites for hydroxylation is 1. The molecular weight excluding hydrogens is 268 g/mol. The van der Waals surface area contributed by atoms with Gasteiger partial charge in [0.25, 0.3) is 5.91 Å². The Balaban J connectivity index is 2.62. The summed E-state index contributed by atoms with van der Waals surface area (Å²) >= 11 is 3.37. The fourth-order valence-electron chi connectivity index (χ4n) is 1.33. The Kier molecular flexibility index (Phi) is 4.96. The summed E-state index contributed by atoms with van der Waals surface area (Å²) in [4.78, 5) is 13.9. The van der Waals surface area contributed by atoms with Gasteiger partial charge in [0.1, 0.15) is 0 Å². The average Bonchev–Trinajstić information content (AvgIpc) is 2.21. The lowest BCUT2D eigenvalue weighted by Gasteiger charge is -2.11. The van der Waals surface area contributed by atoms with Crippen LogP contribution in [0.25, 0.3) is 0 Å². The molecule has 16 heavy (non-hydrogen) atoms. The van der Waals surface area contributed by atoms with Crippen LogP contribution in [0.5, 0.6) is 0 Å². The number of hydrogen-bond donors (Lipinski definition) is 1. The van der Waals surface area contributed by atoms with E-state index in [2.05, 4.69) is 21.2 Å². The molecule has 0 radical (unpaired) electrons. The minimum atomic E-state index is -0.0133. The first kappa shape index (κ1) is 13.2. The summed E-state index contributed by atoms with van der Waals surface area (Å²) in [6, 6.07) is 5.72. The number of halogens is 1. The van der Waals surface area contributed by atoms with E-state index in [9.17, 15) is 4.79 Å². The van der Waals surface area contributed by atoms with Gasteiger partial charge in [-0.15, -0.1) is 0 Å². The van der Waals surface area contributed by atoms with Crippen LogP contribution in [0.1, 0.15) is 15.9 Å². The monoisotopic (exact) mass is 284 g/mol. The van der Waals surface area contributed by atoms with Crippen LogP contribution in [0.2, 0.25) is 0 Å². The number of nitrogens with one attached hydrogen (secondary N) is 1. The topological polar surface area (TPSA) is 32.3 Å². The molecule has 1 rings (SSSR count). The van der Waals surface area contributed by atoms with E-state index in [0.29, 0.717) is 6.54 Å². The summed E-state index contributed by atoms with van der Waals surface area (Å²) < 4.78 is 0.927. The van der Waals surface area contributed by atoms with Crippen LogP contribution in [0.3, 0.4) is 0 Å². The van der Waals surface area contributed by atoms with E-state index in [4.69, 9.17) is 0 Å². The normalized spacial score (nSPS) is 10.6. The van der Waals surface area contributed by atoms with Crippen molar-refractivity contribution >= 4 is 21.8 Å². The summed E-state index contributed by atoms with van der Waals surface area (Å²) in [5.74, 6) is -0.0133. The molecule has 1 N–H and O–H groups in total. The predicted molar refractivity (Wildman–Crippen MR) is 69.8 cm³/mol. The van der Waals surface area contributed by atoms with Crippen LogP contribution in [-0.2, 0) is 0 Å². The highest BCUT2D eigenvalue weighted by Gasteiger charge is 2.08. The molecule has 0 bridgehead atoms. The number of rotatable bonds is 4. The summed E-state index contributed by atoms with van der Waals surface area (Å²) in [5, 5.41) is 2.90. The molecular formula is C12H17BrN2O. The zero-order chi connectivity index (χ0) is 12.1. The molecule has 3 nitrogen and oxygen atoms in total. The van der Waals surface area contributed by atoms with Crippen molar-refractivity contribution in [3.05, 3.63) is 33.8 Å². The van der Waals surface area contributed by atoms with Crippen molar-refractivity contribution in [2.45, 2.75) is 6.92 Å². The Bertz CT molecular complexity index is 377. The molecule has 0 saturated carbocycles. The number of benzene rings is 1. The second-order valence-electron chi connectivity index (χ2n) is 4.02. The Morgan fingerprint density at radius 1 is 1.44 bits per heavy atom. The molecule has 1 amide bonds. The van der Waals surface area contributed by atoms with Gasteiger partial charge in [0.15, 0.2) is 0 Å². The fraction of sp³-hybridized carbons (Fsp3) is 0.417. The first-order valence-corrected chi connectivity index (χ1v) is 5.99. The first-order chi connectivity index (χ1) is 7.50. The first-order valence-electron chi connectivity index (χ1n) is 5.20. The molecule has 0 aliphatic heterocycles. The molecule has 0 spiro atoms. The van der Waals surface area contributed by atoms with Gasteiger partial charge in [0.2, 0.25) is 0 Å². The fourth-order valence-corrected chi connectivity index (χ4v) is 1.69. The number of carbonyl (C=O) groups excluding carboxylic acids is 1. The van der Waals surface area contributed by atoms with Crippen LogP contribution in [0.4, 0.5) is 0 Å². The summed E-state index contributed by atoms with van der Waals surface area (Å²) in [6.45, 7) is 3.45. The van der Waals surface area contributed by atoms with E-state index in [-0.39, 0.29) is 5.91 Å². The van der Waals surface area contributed by atoms with Gasteiger partial charge in [-0.25, -0.2) is 0 Å². The molecule has 1 aromatic carbocycles. The highest BCUT2D eigenvalue weighted by atomic mass is 79.9. The van der Waals surface area contributed by atoms with Crippen molar-refractivity contribution in [2.24, 2.45) is 0 Å². The van der Waals surface area contributed by atoms with E-state index >= 15 is 0 Å². The Morgan fingerprint density at radius 2 is 2.12 bits per heavy atom. The van der Waals surface area contributed by atoms with Gasteiger partial charge >= 0.3 is 0 Å². The van der Waals surface area contributed by atoms with Gasteiger partial charge in [0.05, 0.1) is 0 Å². The molecule has 0 unspecified atom stereocenters. The summed E-state index contributed by atoms with van der Waals surface area (Å²) in [7, 11) is 3.97. The minimum absolute atomic E-state index is 0.0133. The van der Waals surface area contributed by atoms with Gasteiger partial charge < -0.3 is 10.2 Å². The highest BCUT2D eigenvalue weighted by molar-refractivity contribution is 9.10. The molecule has 1 aromatic rings. The van der Waals surface area contributed by atoms with Crippen LogP contribution in [0, 0.1) is 6.92 Å². The molecule has 0 aromatic heterocycles. The number of nitrogens with zero attached hydrogens (tertiary/aromatic N) is 1. The van der Waals surface area contributed by atoms with Crippen molar-refractivity contribution in [3.63, 3.8) is 0 Å². The van der Waals surface area contributed by atoms with E-state index in [1.165, 1.54) is 0 Å². The molecule has 0 atom stereocenters. The molecule has 88 valence electrons. The van der Waals surface area contributed by atoms with Gasteiger partial charge in [-0.05, 0) is 38.7 Å². The number of hydrogen-bond acceptors (Lipinski definition) is 2. The van der Waals surface area contributed by atoms with E-state index in [0.717, 1.165) is 22.1 Å². The lowest BCUT2D eigenvalue weighted by Crippen LogP contribution is -2.31. The molecule has 0 aliphatic rings. The van der Waals surface area contributed by atoms with Crippen molar-refractivity contribution in [2.75, 3.05) is 27.2 Å². The zero-order valence-corrected chi connectivity index (χ0v) is 11.5. The molecule has 0 saturated heterocycles. The average molecular weight is 285 g/mol. The predicted octanol–water partition coefficient (Wildman–Crippen LogP) is 2.05. The third kappa shape index (κ3) is 3.94. The Morgan fingerprint density at radius 3 is 2.75 bits per heavy atom. The molecule has 4 heteroatoms. The minimum Gasteiger partial charge on any atom is -0.351 e. The Labute approximate surface area is 105 Å². The third-order valence-electron chi connectivity index (χ3n) is 2.29. The lowest BCUT2D eigenvalue weighted by molar-refractivity contribution is 0.0950. The van der Waals surface area contributed by atoms with Crippen LogP contribution < -0.4 is 5.32 Å². The van der Waals surface area contributed by atoms with E-state index < -0.39 is 0 Å². The lowest BCUT2D eigenvalue weighted by atomic mass is 10.1. The maximum absolute atomic E-state index is 11.8. The highest BCUT2D eigenvalue weighted by Crippen LogP contribution is 2.15. The van der Waals surface area contributed by atoms with Gasteiger partial charge in [0, 0.05) is 23.1 Å². The summed E-state index contributed by atoms with van der Waals surface area (Å²) in [5.41, 5.74) is 1.72. The molecule has 0 heterocycles. The van der Waals surface area contributed by atoms with Crippen molar-refractivity contribution < 1.29 is 4.79 Å². The zero-order valence-electron chi connectivity index (χ0n) is 9.88.